The summed E-state index contributed by atoms with van der Waals surface area (Å²) in [6.07, 6.45) is 2.65. The molecule has 1 aliphatic heterocycles. The third kappa shape index (κ3) is 4.75. The lowest BCUT2D eigenvalue weighted by Crippen LogP contribution is -2.56. The van der Waals surface area contributed by atoms with Gasteiger partial charge in [-0.1, -0.05) is 58.9 Å². The van der Waals surface area contributed by atoms with E-state index < -0.39 is 0 Å². The summed E-state index contributed by atoms with van der Waals surface area (Å²) in [4.78, 5) is 4.86. The molecule has 1 aliphatic carbocycles. The van der Waals surface area contributed by atoms with E-state index in [0.717, 1.165) is 35.6 Å². The number of rotatable bonds is 6. The molecule has 2 unspecified atom stereocenters. The molecular weight excluding hydrogens is 433 g/mol. The zero-order chi connectivity index (χ0) is 19.7. The summed E-state index contributed by atoms with van der Waals surface area (Å²) in [5.41, 5.74) is 2.27. The summed E-state index contributed by atoms with van der Waals surface area (Å²) in [6, 6.07) is 14.4. The third-order valence-electron chi connectivity index (χ3n) is 5.46. The second kappa shape index (κ2) is 9.03. The zero-order valence-electron chi connectivity index (χ0n) is 15.7. The van der Waals surface area contributed by atoms with Crippen LogP contribution in [0.5, 0.6) is 0 Å². The average Bonchev–Trinajstić information content (AvgIpc) is 3.49. The Balaban J connectivity index is 1.67. The number of hydrogen-bond donors (Lipinski definition) is 1. The molecule has 0 bridgehead atoms. The lowest BCUT2D eigenvalue weighted by Gasteiger charge is -2.48. The van der Waals surface area contributed by atoms with Crippen LogP contribution in [0.3, 0.4) is 0 Å². The molecule has 2 aromatic carbocycles. The molecule has 1 saturated carbocycles. The van der Waals surface area contributed by atoms with E-state index in [9.17, 15) is 0 Å². The van der Waals surface area contributed by atoms with Gasteiger partial charge in [-0.25, -0.2) is 0 Å². The van der Waals surface area contributed by atoms with Gasteiger partial charge < -0.3 is 4.90 Å². The van der Waals surface area contributed by atoms with Gasteiger partial charge >= 0.3 is 0 Å². The normalized spacial score (nSPS) is 23.2. The fraction of sp³-hybridized carbons (Fsp3) is 0.429. The minimum Gasteiger partial charge on any atom is -0.360 e. The first-order valence-corrected chi connectivity index (χ1v) is 11.6. The van der Waals surface area contributed by atoms with Crippen LogP contribution in [0.15, 0.2) is 42.5 Å². The van der Waals surface area contributed by atoms with Gasteiger partial charge in [-0.15, -0.1) is 0 Å². The number of nitrogens with zero attached hydrogens (tertiary/aromatic N) is 2. The van der Waals surface area contributed by atoms with Gasteiger partial charge in [0.15, 0.2) is 0 Å². The predicted molar refractivity (Wildman–Crippen MR) is 123 cm³/mol. The topological polar surface area (TPSA) is 18.5 Å². The van der Waals surface area contributed by atoms with Crippen molar-refractivity contribution in [2.45, 2.75) is 30.2 Å². The van der Waals surface area contributed by atoms with Crippen molar-refractivity contribution in [2.24, 2.45) is 0 Å². The first kappa shape index (κ1) is 20.6. The van der Waals surface area contributed by atoms with Gasteiger partial charge in [-0.05, 0) is 55.8 Å². The SMILES string of the molecule is CN1CCN(c2ccc(Cl)cc2Cl)C(c2ccc(Cl)cc2)C1CNSC1CC1. The average molecular weight is 457 g/mol. The van der Waals surface area contributed by atoms with Gasteiger partial charge in [0, 0.05) is 41.0 Å². The number of anilines is 1. The van der Waals surface area contributed by atoms with Gasteiger partial charge in [0.1, 0.15) is 0 Å². The van der Waals surface area contributed by atoms with E-state index in [1.807, 2.05) is 42.3 Å². The number of hydrogen-bond acceptors (Lipinski definition) is 4. The van der Waals surface area contributed by atoms with E-state index in [0.29, 0.717) is 16.1 Å². The van der Waals surface area contributed by atoms with Crippen LogP contribution < -0.4 is 9.62 Å². The third-order valence-corrected chi connectivity index (χ3v) is 7.39. The van der Waals surface area contributed by atoms with Crippen LogP contribution in [0, 0.1) is 0 Å². The number of nitrogens with one attached hydrogen (secondary N) is 1. The quantitative estimate of drug-likeness (QED) is 0.544. The number of benzene rings is 2. The molecule has 2 fully saturated rings. The van der Waals surface area contributed by atoms with E-state index in [1.54, 1.807) is 0 Å². The maximum Gasteiger partial charge on any atom is 0.0711 e. The largest absolute Gasteiger partial charge is 0.360 e. The molecule has 1 heterocycles. The van der Waals surface area contributed by atoms with Crippen molar-refractivity contribution in [2.75, 3.05) is 31.6 Å². The number of piperazine rings is 1. The second-order valence-electron chi connectivity index (χ2n) is 7.50. The molecule has 150 valence electrons. The molecule has 2 aromatic rings. The molecule has 1 saturated heterocycles. The van der Waals surface area contributed by atoms with Crippen LogP contribution in [0.2, 0.25) is 15.1 Å². The number of likely N-dealkylation sites (N-methyl/N-ethyl adjacent to an activating group) is 1. The zero-order valence-corrected chi connectivity index (χ0v) is 18.8. The fourth-order valence-corrected chi connectivity index (χ4v) is 5.29. The van der Waals surface area contributed by atoms with Crippen LogP contribution >= 0.6 is 46.8 Å². The molecule has 3 nitrogen and oxygen atoms in total. The number of halogens is 3. The minimum atomic E-state index is 0.169. The summed E-state index contributed by atoms with van der Waals surface area (Å²) in [7, 11) is 2.21. The van der Waals surface area contributed by atoms with Crippen LogP contribution in [0.4, 0.5) is 5.69 Å². The Labute approximate surface area is 186 Å². The van der Waals surface area contributed by atoms with Crippen LogP contribution in [-0.4, -0.2) is 42.9 Å². The molecule has 4 rings (SSSR count). The Morgan fingerprint density at radius 2 is 1.71 bits per heavy atom. The van der Waals surface area contributed by atoms with E-state index in [-0.39, 0.29) is 6.04 Å². The van der Waals surface area contributed by atoms with Crippen molar-refractivity contribution in [3.8, 4) is 0 Å². The lowest BCUT2D eigenvalue weighted by molar-refractivity contribution is 0.176. The highest BCUT2D eigenvalue weighted by molar-refractivity contribution is 7.98. The van der Waals surface area contributed by atoms with Gasteiger partial charge in [-0.2, -0.15) is 0 Å². The molecule has 0 radical (unpaired) electrons. The van der Waals surface area contributed by atoms with Crippen LogP contribution in [-0.2, 0) is 0 Å². The van der Waals surface area contributed by atoms with Gasteiger partial charge in [-0.3, -0.25) is 9.62 Å². The standard InChI is InChI=1S/C21H24Cl3N3S/c1-26-10-11-27(19-9-6-16(23)12-18(19)24)21(14-2-4-15(22)5-3-14)20(26)13-25-28-17-7-8-17/h2-6,9,12,17,20-21,25H,7-8,10-11,13H2,1H3. The Kier molecular flexibility index (Phi) is 6.66. The summed E-state index contributed by atoms with van der Waals surface area (Å²) >= 11 is 20.8. The van der Waals surface area contributed by atoms with Crippen molar-refractivity contribution in [1.82, 2.24) is 9.62 Å². The Morgan fingerprint density at radius 1 is 1.00 bits per heavy atom. The van der Waals surface area contributed by atoms with Crippen molar-refractivity contribution in [3.63, 3.8) is 0 Å². The van der Waals surface area contributed by atoms with E-state index in [2.05, 4.69) is 33.7 Å². The molecule has 0 amide bonds. The van der Waals surface area contributed by atoms with Crippen molar-refractivity contribution < 1.29 is 0 Å². The highest BCUT2D eigenvalue weighted by Crippen LogP contribution is 2.39. The highest BCUT2D eigenvalue weighted by Gasteiger charge is 2.37. The lowest BCUT2D eigenvalue weighted by atomic mass is 9.93. The highest BCUT2D eigenvalue weighted by atomic mass is 35.5. The predicted octanol–water partition coefficient (Wildman–Crippen LogP) is 5.91. The molecular formula is C21H24Cl3N3S. The Morgan fingerprint density at radius 3 is 2.39 bits per heavy atom. The Hall–Kier alpha value is -0.620. The molecule has 7 heteroatoms. The summed E-state index contributed by atoms with van der Waals surface area (Å²) in [5.74, 6) is 0. The van der Waals surface area contributed by atoms with Crippen LogP contribution in [0.25, 0.3) is 0 Å². The monoisotopic (exact) mass is 455 g/mol. The maximum atomic E-state index is 6.60. The minimum absolute atomic E-state index is 0.169. The summed E-state index contributed by atoms with van der Waals surface area (Å²) < 4.78 is 3.62. The first-order valence-electron chi connectivity index (χ1n) is 9.59. The Bertz CT molecular complexity index is 813. The molecule has 28 heavy (non-hydrogen) atoms. The molecule has 2 aliphatic rings. The summed E-state index contributed by atoms with van der Waals surface area (Å²) in [6.45, 7) is 2.79. The van der Waals surface area contributed by atoms with Crippen molar-refractivity contribution in [3.05, 3.63) is 63.1 Å². The molecule has 1 N–H and O–H groups in total. The van der Waals surface area contributed by atoms with E-state index >= 15 is 0 Å². The van der Waals surface area contributed by atoms with Gasteiger partial charge in [0.2, 0.25) is 0 Å². The molecule has 0 spiro atoms. The first-order chi connectivity index (χ1) is 13.5. The van der Waals surface area contributed by atoms with E-state index in [4.69, 9.17) is 34.8 Å². The molecule has 0 aromatic heterocycles. The van der Waals surface area contributed by atoms with Crippen molar-refractivity contribution >= 4 is 52.4 Å². The smallest absolute Gasteiger partial charge is 0.0711 e. The fourth-order valence-electron chi connectivity index (χ4n) is 3.77. The van der Waals surface area contributed by atoms with Gasteiger partial charge in [0.25, 0.3) is 0 Å². The molecule has 2 atom stereocenters. The van der Waals surface area contributed by atoms with Crippen molar-refractivity contribution in [1.29, 1.82) is 0 Å². The summed E-state index contributed by atoms with van der Waals surface area (Å²) in [5, 5.41) is 2.88. The van der Waals surface area contributed by atoms with E-state index in [1.165, 1.54) is 18.4 Å². The van der Waals surface area contributed by atoms with Gasteiger partial charge in [0.05, 0.1) is 16.8 Å². The van der Waals surface area contributed by atoms with Crippen LogP contribution in [0.1, 0.15) is 24.4 Å². The second-order valence-corrected chi connectivity index (χ2v) is 9.97. The maximum absolute atomic E-state index is 6.60.